The Morgan fingerprint density at radius 2 is 0.709 bits per heavy atom. The van der Waals surface area contributed by atoms with Crippen molar-refractivity contribution in [1.82, 2.24) is 63.3 Å². The van der Waals surface area contributed by atoms with Crippen LogP contribution >= 0.6 is 55.1 Å². The highest BCUT2D eigenvalue weighted by Crippen LogP contribution is 2.35. The first-order chi connectivity index (χ1) is 60.5. The van der Waals surface area contributed by atoms with E-state index in [9.17, 15) is 52.8 Å². The van der Waals surface area contributed by atoms with Gasteiger partial charge in [-0.25, -0.2) is 33.7 Å². The number of rotatable bonds is 33. The lowest BCUT2D eigenvalue weighted by atomic mass is 10.1. The smallest absolute Gasteiger partial charge is 0.292 e. The number of halogens is 4. The molecule has 0 spiro atoms. The maximum absolute atomic E-state index is 12.9. The third-order valence-corrected chi connectivity index (χ3v) is 30.5. The number of nitrogen functional groups attached to an aromatic ring is 4. The average molecular weight is 2010 g/mol. The number of benzene rings is 4. The highest BCUT2D eigenvalue weighted by Gasteiger charge is 2.33. The number of nitrogens with two attached hydrogens (primary N) is 4. The lowest BCUT2D eigenvalue weighted by molar-refractivity contribution is 0.101. The molecular formula is C78H111Br2Cl2N25O16S4. The number of carbonyl (C=O) groups excluding carboxylic acids is 4. The predicted octanol–water partition coefficient (Wildman–Crippen LogP) is 5.97. The number of nitrogens with zero attached hydrogens (tertiary/aromatic N) is 13. The number of carbonyl (C=O) groups is 4. The maximum atomic E-state index is 12.9. The number of hydrogen-bond acceptors (Lipinski definition) is 33. The Morgan fingerprint density at radius 1 is 0.417 bits per heavy atom. The molecule has 49 heteroatoms. The van der Waals surface area contributed by atoms with Crippen LogP contribution in [-0.4, -0.2) is 299 Å². The Balaban J connectivity index is 0.000000177. The van der Waals surface area contributed by atoms with Crippen LogP contribution in [0.3, 0.4) is 0 Å². The van der Waals surface area contributed by atoms with Gasteiger partial charge in [0, 0.05) is 175 Å². The number of sulfonamides is 4. The van der Waals surface area contributed by atoms with E-state index in [-0.39, 0.29) is 75.9 Å². The Labute approximate surface area is 766 Å². The van der Waals surface area contributed by atoms with Crippen molar-refractivity contribution in [2.75, 3.05) is 251 Å². The molecule has 4 amide bonds. The zero-order chi connectivity index (χ0) is 91.8. The minimum atomic E-state index is -3.32. The molecule has 127 heavy (non-hydrogen) atoms. The fourth-order valence-corrected chi connectivity index (χ4v) is 20.4. The molecule has 0 bridgehead atoms. The van der Waals surface area contributed by atoms with Crippen molar-refractivity contribution in [3.63, 3.8) is 0 Å². The molecule has 5 aliphatic rings. The molecule has 41 nitrogen and oxygen atoms in total. The van der Waals surface area contributed by atoms with Crippen LogP contribution in [-0.2, 0) is 40.1 Å². The first kappa shape index (κ1) is 100. The molecule has 5 saturated heterocycles. The topological polar surface area (TPSA) is 538 Å². The molecule has 9 heterocycles. The summed E-state index contributed by atoms with van der Waals surface area (Å²) in [5.41, 5.74) is 27.4. The SMILES string of the molecule is CC(C)NCCS(=O)(=O)N1CCN(c2ccc(Br)c(NC(=O)c3coc(N)n3)c2)CC1.CCCNCCS(=O)(=O)N1CCN(c2ccc(Cl)c(NC(=O)c3coc(N)n3)c2)CC1.CCNCCS(=O)(=O)N1CCN(c2ccc(Cl)c(NC(=O)c3coc(N)n3)c2)CC1.CN1CCC(NCCS(=O)(=O)N2CCN(c3ccc(Br)c(NC(=O)c4coc(N)n4)c3)CC2)CC1. The molecule has 5 aliphatic heterocycles. The largest absolute Gasteiger partial charge is 0.431 e. The molecule has 0 saturated carbocycles. The average Bonchev–Trinajstić information content (AvgIpc) is 1.23. The molecule has 0 radical (unpaired) electrons. The van der Waals surface area contributed by atoms with Crippen molar-refractivity contribution >= 4 is 188 Å². The van der Waals surface area contributed by atoms with Crippen LogP contribution in [0.1, 0.15) is 88.9 Å². The Bertz CT molecular complexity index is 5470. The van der Waals surface area contributed by atoms with Gasteiger partial charge < -0.3 is 108 Å². The molecule has 5 fully saturated rings. The van der Waals surface area contributed by atoms with E-state index < -0.39 is 63.7 Å². The van der Waals surface area contributed by atoms with Gasteiger partial charge in [-0.15, -0.1) is 0 Å². The number of nitrogens with one attached hydrogen (secondary N) is 8. The van der Waals surface area contributed by atoms with Crippen molar-refractivity contribution in [2.24, 2.45) is 0 Å². The lowest BCUT2D eigenvalue weighted by Gasteiger charge is -2.36. The minimum Gasteiger partial charge on any atom is -0.431 e. The van der Waals surface area contributed by atoms with Crippen LogP contribution in [0.25, 0.3) is 0 Å². The summed E-state index contributed by atoms with van der Waals surface area (Å²) >= 11 is 19.3. The summed E-state index contributed by atoms with van der Waals surface area (Å²) in [6.45, 7) is 21.1. The highest BCUT2D eigenvalue weighted by atomic mass is 79.9. The van der Waals surface area contributed by atoms with Crippen molar-refractivity contribution in [2.45, 2.75) is 59.0 Å². The van der Waals surface area contributed by atoms with Crippen molar-refractivity contribution < 1.29 is 70.5 Å². The van der Waals surface area contributed by atoms with Crippen LogP contribution in [0.4, 0.5) is 69.6 Å². The van der Waals surface area contributed by atoms with E-state index in [4.69, 9.17) is 63.8 Å². The summed E-state index contributed by atoms with van der Waals surface area (Å²) in [4.78, 5) is 75.2. The van der Waals surface area contributed by atoms with Gasteiger partial charge in [0.05, 0.1) is 55.8 Å². The van der Waals surface area contributed by atoms with Crippen LogP contribution in [0.15, 0.2) is 124 Å². The number of piperidine rings is 1. The number of oxazole rings is 4. The first-order valence-electron chi connectivity index (χ1n) is 41.2. The number of aromatic nitrogens is 4. The van der Waals surface area contributed by atoms with Crippen LogP contribution in [0.2, 0.25) is 10.0 Å². The van der Waals surface area contributed by atoms with E-state index in [2.05, 4.69) is 126 Å². The summed E-state index contributed by atoms with van der Waals surface area (Å²) in [5, 5.41) is 24.4. The van der Waals surface area contributed by atoms with E-state index in [1.807, 2.05) is 76.2 Å². The Hall–Kier alpha value is -9.02. The Kier molecular flexibility index (Phi) is 37.1. The molecule has 696 valence electrons. The maximum Gasteiger partial charge on any atom is 0.292 e. The zero-order valence-corrected chi connectivity index (χ0v) is 79.1. The molecule has 0 atom stereocenters. The van der Waals surface area contributed by atoms with Gasteiger partial charge in [-0.2, -0.15) is 37.2 Å². The van der Waals surface area contributed by atoms with E-state index in [0.717, 1.165) is 74.5 Å². The quantitative estimate of drug-likeness (QED) is 0.0211. The molecule has 16 N–H and O–H groups in total. The van der Waals surface area contributed by atoms with E-state index in [1.165, 1.54) is 27.4 Å². The minimum absolute atomic E-state index is 0.0466. The van der Waals surface area contributed by atoms with Gasteiger partial charge in [0.25, 0.3) is 47.7 Å². The number of anilines is 12. The monoisotopic (exact) mass is 2010 g/mol. The second-order valence-electron chi connectivity index (χ2n) is 30.3. The highest BCUT2D eigenvalue weighted by molar-refractivity contribution is 9.11. The van der Waals surface area contributed by atoms with Gasteiger partial charge in [0.2, 0.25) is 40.1 Å². The summed E-state index contributed by atoms with van der Waals surface area (Å²) in [6, 6.07) is 22.1. The summed E-state index contributed by atoms with van der Waals surface area (Å²) in [5.74, 6) is -1.48. The van der Waals surface area contributed by atoms with E-state index in [0.29, 0.717) is 179 Å². The predicted molar refractivity (Wildman–Crippen MR) is 500 cm³/mol. The third-order valence-electron chi connectivity index (χ3n) is 21.0. The van der Waals surface area contributed by atoms with Crippen LogP contribution in [0.5, 0.6) is 0 Å². The van der Waals surface area contributed by atoms with Gasteiger partial charge in [-0.3, -0.25) is 19.2 Å². The molecule has 13 rings (SSSR count). The van der Waals surface area contributed by atoms with Gasteiger partial charge in [0.15, 0.2) is 22.8 Å². The molecular weight excluding hydrogens is 1900 g/mol. The number of piperazine rings is 4. The molecule has 0 unspecified atom stereocenters. The van der Waals surface area contributed by atoms with Crippen LogP contribution in [0, 0.1) is 0 Å². The summed E-state index contributed by atoms with van der Waals surface area (Å²) < 4.78 is 128. The molecule has 4 aromatic heterocycles. The second-order valence-corrected chi connectivity index (χ2v) is 41.2. The van der Waals surface area contributed by atoms with Gasteiger partial charge >= 0.3 is 0 Å². The molecule has 8 aromatic rings. The molecule has 0 aliphatic carbocycles. The second kappa shape index (κ2) is 47.0. The number of amides is 4. The van der Waals surface area contributed by atoms with E-state index >= 15 is 0 Å². The zero-order valence-electron chi connectivity index (χ0n) is 71.1. The van der Waals surface area contributed by atoms with Crippen LogP contribution < -0.4 is 85.1 Å². The lowest BCUT2D eigenvalue weighted by Crippen LogP contribution is -2.50. The Morgan fingerprint density at radius 3 is 1.01 bits per heavy atom. The third kappa shape index (κ3) is 29.8. The van der Waals surface area contributed by atoms with Crippen molar-refractivity contribution in [3.05, 3.63) is 140 Å². The first-order valence-corrected chi connectivity index (χ1v) is 50.0. The van der Waals surface area contributed by atoms with Gasteiger partial charge in [0.1, 0.15) is 25.1 Å². The number of hydrogen-bond donors (Lipinski definition) is 12. The fraction of sp³-hybridized carbons (Fsp3) is 0.487. The van der Waals surface area contributed by atoms with E-state index in [1.54, 1.807) is 32.9 Å². The van der Waals surface area contributed by atoms with Crippen molar-refractivity contribution in [1.29, 1.82) is 0 Å². The van der Waals surface area contributed by atoms with Gasteiger partial charge in [-0.1, -0.05) is 50.9 Å². The van der Waals surface area contributed by atoms with Gasteiger partial charge in [-0.05, 0) is 157 Å². The molecule has 4 aromatic carbocycles. The standard InChI is InChI=1S/C22H32BrN7O4S.C19H27BrN6O4S.C19H27ClN6O4S.C18H25ClN6O4S/c1-28-7-4-16(5-8-28)25-6-13-35(32,33)30-11-9-29(10-12-30)17-2-3-18(23)19(14-17)26-21(31)20-15-34-22(24)27-20;1-13(2)22-5-10-31(28,29)26-8-6-25(7-9-26)14-3-4-15(20)16(11-14)23-18(27)17-12-30-19(21)24-17;1-2-5-22-6-11-31(28,29)26-9-7-25(8-10-26)14-3-4-15(20)16(12-14)23-18(27)17-13-30-19(21)24-17;1-2-21-5-10-30(27,28)25-8-6-24(7-9-25)13-3-4-14(19)15(11-13)22-17(26)16-12-29-18(20)23-16/h2-3,14-16,25H,4-13H2,1H3,(H2,24,27)(H,26,31);3-4,11-13,22H,5-10H2,1-2H3,(H2,21,24)(H,23,27);3-4,12-13,22H,2,5-11H2,1H3,(H2,21,24)(H,23,27);3-4,11-12,21H,2,5-10H2,1H3,(H2,20,23)(H,22,26). The fourth-order valence-electron chi connectivity index (χ4n) is 13.9. The van der Waals surface area contributed by atoms with Crippen molar-refractivity contribution in [3.8, 4) is 0 Å². The summed E-state index contributed by atoms with van der Waals surface area (Å²) in [6.07, 6.45) is 7.80. The normalized spacial score (nSPS) is 16.2. The number of likely N-dealkylation sites (tertiary alicyclic amines) is 1. The summed E-state index contributed by atoms with van der Waals surface area (Å²) in [7, 11) is -11.1.